The van der Waals surface area contributed by atoms with Crippen LogP contribution in [0.5, 0.6) is 0 Å². The van der Waals surface area contributed by atoms with Gasteiger partial charge in [0.15, 0.2) is 0 Å². The predicted molar refractivity (Wildman–Crippen MR) is 131 cm³/mol. The number of nitrogens with zero attached hydrogens (tertiary/aromatic N) is 2. The van der Waals surface area contributed by atoms with E-state index >= 15 is 0 Å². The van der Waals surface area contributed by atoms with Gasteiger partial charge < -0.3 is 20.6 Å². The summed E-state index contributed by atoms with van der Waals surface area (Å²) in [7, 11) is 1.47. The van der Waals surface area contributed by atoms with Crippen LogP contribution in [0.4, 0.5) is 9.80 Å². The van der Waals surface area contributed by atoms with Crippen LogP contribution in [0.15, 0.2) is 67.0 Å². The number of urea groups is 1. The van der Waals surface area contributed by atoms with Crippen molar-refractivity contribution < 1.29 is 24.3 Å². The van der Waals surface area contributed by atoms with Gasteiger partial charge in [0, 0.05) is 32.5 Å². The van der Waals surface area contributed by atoms with Crippen molar-refractivity contribution in [3.63, 3.8) is 0 Å². The van der Waals surface area contributed by atoms with Crippen LogP contribution in [0.25, 0.3) is 0 Å². The van der Waals surface area contributed by atoms with Gasteiger partial charge in [0.1, 0.15) is 5.92 Å². The summed E-state index contributed by atoms with van der Waals surface area (Å²) in [5, 5.41) is 17.9. The van der Waals surface area contributed by atoms with Crippen molar-refractivity contribution in [3.05, 3.63) is 83.0 Å². The second-order valence-electron chi connectivity index (χ2n) is 7.60. The van der Waals surface area contributed by atoms with Crippen molar-refractivity contribution >= 4 is 40.2 Å². The van der Waals surface area contributed by atoms with Crippen molar-refractivity contribution in [2.24, 2.45) is 0 Å². The van der Waals surface area contributed by atoms with E-state index in [1.807, 2.05) is 30.3 Å². The number of pyridine rings is 1. The zero-order valence-electron chi connectivity index (χ0n) is 18.9. The van der Waals surface area contributed by atoms with Gasteiger partial charge in [0.2, 0.25) is 5.91 Å². The summed E-state index contributed by atoms with van der Waals surface area (Å²) in [6.07, 6.45) is 2.97. The van der Waals surface area contributed by atoms with Crippen LogP contribution in [0.1, 0.15) is 26.7 Å². The maximum Gasteiger partial charge on any atom is 0.320 e. The van der Waals surface area contributed by atoms with Gasteiger partial charge in [0.05, 0.1) is 16.4 Å². The van der Waals surface area contributed by atoms with Crippen LogP contribution in [0.2, 0.25) is 0 Å². The number of likely N-dealkylation sites (N-methyl/N-ethyl adjacent to an activating group) is 1. The van der Waals surface area contributed by atoms with Gasteiger partial charge in [0.25, 0.3) is 5.91 Å². The fraction of sp³-hybridized carbons (Fsp3) is 0.208. The third kappa shape index (κ3) is 7.64. The zero-order chi connectivity index (χ0) is 25.2. The second kappa shape index (κ2) is 12.3. The lowest BCUT2D eigenvalue weighted by atomic mass is 10.0. The van der Waals surface area contributed by atoms with Crippen LogP contribution >= 0.6 is 11.3 Å². The molecule has 0 bridgehead atoms. The highest BCUT2D eigenvalue weighted by molar-refractivity contribution is 7.18. The Morgan fingerprint density at radius 3 is 2.49 bits per heavy atom. The summed E-state index contributed by atoms with van der Waals surface area (Å²) in [4.78, 5) is 54.1. The summed E-state index contributed by atoms with van der Waals surface area (Å²) in [5.74, 6) is -2.93. The van der Waals surface area contributed by atoms with Crippen LogP contribution in [-0.4, -0.2) is 58.9 Å². The Morgan fingerprint density at radius 2 is 1.80 bits per heavy atom. The molecule has 2 aromatic heterocycles. The van der Waals surface area contributed by atoms with E-state index in [1.54, 1.807) is 24.3 Å². The first-order chi connectivity index (χ1) is 16.8. The summed E-state index contributed by atoms with van der Waals surface area (Å²) in [6.45, 7) is -0.0192. The SMILES string of the molecule is CN(CC(=O)NCC(C(=O)O)c1cccnc1)C(=O)c1ccc(NC(=O)NCc2ccccc2)s1. The average Bonchev–Trinajstić information content (AvgIpc) is 3.31. The molecule has 0 fully saturated rings. The Labute approximate surface area is 206 Å². The number of carbonyl (C=O) groups excluding carboxylic acids is 3. The van der Waals surface area contributed by atoms with E-state index in [0.717, 1.165) is 16.9 Å². The lowest BCUT2D eigenvalue weighted by Gasteiger charge is -2.17. The first-order valence-electron chi connectivity index (χ1n) is 10.7. The summed E-state index contributed by atoms with van der Waals surface area (Å²) in [5.41, 5.74) is 1.43. The Bertz CT molecular complexity index is 1170. The Morgan fingerprint density at radius 1 is 1.03 bits per heavy atom. The molecule has 2 heterocycles. The molecular formula is C24H25N5O5S. The Balaban J connectivity index is 1.47. The smallest absolute Gasteiger partial charge is 0.320 e. The van der Waals surface area contributed by atoms with E-state index in [1.165, 1.54) is 24.3 Å². The molecule has 0 radical (unpaired) electrons. The maximum atomic E-state index is 12.7. The number of carboxylic acids is 1. The van der Waals surface area contributed by atoms with Crippen LogP contribution < -0.4 is 16.0 Å². The van der Waals surface area contributed by atoms with Crippen molar-refractivity contribution in [1.29, 1.82) is 0 Å². The standard InChI is InChI=1S/C24H25N5O5S/c1-29(15-20(30)26-14-18(23(32)33)17-8-5-11-25-13-17)22(31)19-9-10-21(35-19)28-24(34)27-12-16-6-3-2-4-7-16/h2-11,13,18H,12,14-15H2,1H3,(H,26,30)(H,32,33)(H2,27,28,34). The average molecular weight is 496 g/mol. The molecule has 0 saturated heterocycles. The molecule has 4 N–H and O–H groups in total. The van der Waals surface area contributed by atoms with Crippen LogP contribution in [0, 0.1) is 0 Å². The number of carbonyl (C=O) groups is 4. The summed E-state index contributed by atoms with van der Waals surface area (Å²) < 4.78 is 0. The molecule has 0 saturated carbocycles. The minimum Gasteiger partial charge on any atom is -0.481 e. The van der Waals surface area contributed by atoms with E-state index in [-0.39, 0.29) is 13.1 Å². The molecule has 11 heteroatoms. The number of nitrogens with one attached hydrogen (secondary N) is 3. The number of benzene rings is 1. The molecule has 0 spiro atoms. The molecule has 1 aromatic carbocycles. The molecule has 10 nitrogen and oxygen atoms in total. The van der Waals surface area contributed by atoms with Crippen molar-refractivity contribution in [1.82, 2.24) is 20.5 Å². The topological polar surface area (TPSA) is 141 Å². The minimum atomic E-state index is -1.09. The molecule has 182 valence electrons. The number of thiophene rings is 1. The molecule has 0 aliphatic heterocycles. The molecule has 0 aliphatic rings. The van der Waals surface area contributed by atoms with E-state index < -0.39 is 29.7 Å². The van der Waals surface area contributed by atoms with Gasteiger partial charge >= 0.3 is 12.0 Å². The van der Waals surface area contributed by atoms with Crippen molar-refractivity contribution in [2.45, 2.75) is 12.5 Å². The van der Waals surface area contributed by atoms with Crippen molar-refractivity contribution in [3.8, 4) is 0 Å². The number of amides is 4. The summed E-state index contributed by atoms with van der Waals surface area (Å²) >= 11 is 1.09. The van der Waals surface area contributed by atoms with Crippen LogP contribution in [-0.2, 0) is 16.1 Å². The number of anilines is 1. The van der Waals surface area contributed by atoms with Gasteiger partial charge in [-0.2, -0.15) is 0 Å². The second-order valence-corrected chi connectivity index (χ2v) is 8.68. The van der Waals surface area contributed by atoms with Crippen LogP contribution in [0.3, 0.4) is 0 Å². The highest BCUT2D eigenvalue weighted by Crippen LogP contribution is 2.23. The van der Waals surface area contributed by atoms with Gasteiger partial charge in [-0.25, -0.2) is 4.79 Å². The molecule has 3 aromatic rings. The number of hydrogen-bond donors (Lipinski definition) is 4. The lowest BCUT2D eigenvalue weighted by Crippen LogP contribution is -2.40. The quantitative estimate of drug-likeness (QED) is 0.341. The molecule has 0 aliphatic carbocycles. The number of rotatable bonds is 10. The van der Waals surface area contributed by atoms with Gasteiger partial charge in [-0.3, -0.25) is 24.7 Å². The molecule has 1 atom stereocenters. The Hall–Kier alpha value is -4.25. The minimum absolute atomic E-state index is 0.132. The maximum absolute atomic E-state index is 12.7. The highest BCUT2D eigenvalue weighted by atomic mass is 32.1. The molecule has 1 unspecified atom stereocenters. The highest BCUT2D eigenvalue weighted by Gasteiger charge is 2.22. The Kier molecular flexibility index (Phi) is 8.90. The first-order valence-corrected chi connectivity index (χ1v) is 11.5. The van der Waals surface area contributed by atoms with Crippen molar-refractivity contribution in [2.75, 3.05) is 25.5 Å². The number of aromatic nitrogens is 1. The third-order valence-electron chi connectivity index (χ3n) is 4.97. The largest absolute Gasteiger partial charge is 0.481 e. The zero-order valence-corrected chi connectivity index (χ0v) is 19.7. The van der Waals surface area contributed by atoms with Gasteiger partial charge in [-0.1, -0.05) is 36.4 Å². The number of aliphatic carboxylic acids is 1. The summed E-state index contributed by atoms with van der Waals surface area (Å²) in [6, 6.07) is 15.5. The van der Waals surface area contributed by atoms with E-state index in [0.29, 0.717) is 22.0 Å². The van der Waals surface area contributed by atoms with Gasteiger partial charge in [-0.05, 0) is 29.3 Å². The number of hydrogen-bond acceptors (Lipinski definition) is 6. The van der Waals surface area contributed by atoms with E-state index in [2.05, 4.69) is 20.9 Å². The molecule has 35 heavy (non-hydrogen) atoms. The van der Waals surface area contributed by atoms with Gasteiger partial charge in [-0.15, -0.1) is 11.3 Å². The fourth-order valence-electron chi connectivity index (χ4n) is 3.13. The lowest BCUT2D eigenvalue weighted by molar-refractivity contribution is -0.138. The first kappa shape index (κ1) is 25.4. The molecule has 3 rings (SSSR count). The van der Waals surface area contributed by atoms with E-state index in [9.17, 15) is 24.3 Å². The monoisotopic (exact) mass is 495 g/mol. The third-order valence-corrected chi connectivity index (χ3v) is 5.95. The van der Waals surface area contributed by atoms with E-state index in [4.69, 9.17) is 0 Å². The predicted octanol–water partition coefficient (Wildman–Crippen LogP) is 2.52. The fourth-order valence-corrected chi connectivity index (χ4v) is 4.03. The molecular weight excluding hydrogens is 470 g/mol. The normalized spacial score (nSPS) is 11.2. The number of carboxylic acid groups (broad SMARTS) is 1. The molecule has 4 amide bonds.